The van der Waals surface area contributed by atoms with Gasteiger partial charge in [-0.15, -0.1) is 0 Å². The van der Waals surface area contributed by atoms with Crippen LogP contribution in [0.3, 0.4) is 0 Å². The van der Waals surface area contributed by atoms with Crippen LogP contribution in [0.5, 0.6) is 0 Å². The summed E-state index contributed by atoms with van der Waals surface area (Å²) in [6.45, 7) is 0. The Bertz CT molecular complexity index is 577. The first-order valence-electron chi connectivity index (χ1n) is 5.31. The van der Waals surface area contributed by atoms with Gasteiger partial charge in [-0.2, -0.15) is 4.72 Å². The normalized spacial score (nSPS) is 13.1. The highest BCUT2D eigenvalue weighted by atomic mass is 32.2. The van der Waals surface area contributed by atoms with E-state index in [1.165, 1.54) is 23.0 Å². The number of carbonyl (C=O) groups is 2. The van der Waals surface area contributed by atoms with Gasteiger partial charge in [0.2, 0.25) is 10.0 Å². The SMILES string of the molecule is Cn1ccc(S(=O)(=O)NC(CCC(=O)O)C(=O)O)c1. The summed E-state index contributed by atoms with van der Waals surface area (Å²) in [6, 6.07) is -0.153. The zero-order valence-corrected chi connectivity index (χ0v) is 10.9. The van der Waals surface area contributed by atoms with Crippen molar-refractivity contribution >= 4 is 22.0 Å². The zero-order valence-electron chi connectivity index (χ0n) is 10.1. The fourth-order valence-corrected chi connectivity index (χ4v) is 2.67. The van der Waals surface area contributed by atoms with Crippen molar-refractivity contribution in [1.82, 2.24) is 9.29 Å². The van der Waals surface area contributed by atoms with Gasteiger partial charge in [-0.25, -0.2) is 8.42 Å². The van der Waals surface area contributed by atoms with E-state index in [0.29, 0.717) is 0 Å². The second kappa shape index (κ2) is 5.85. The van der Waals surface area contributed by atoms with Crippen molar-refractivity contribution in [3.63, 3.8) is 0 Å². The number of aryl methyl sites for hydroxylation is 1. The molecule has 8 nitrogen and oxygen atoms in total. The largest absolute Gasteiger partial charge is 0.481 e. The molecular weight excluding hydrogens is 276 g/mol. The van der Waals surface area contributed by atoms with Crippen LogP contribution < -0.4 is 4.72 Å². The molecule has 3 N–H and O–H groups in total. The molecule has 0 saturated carbocycles. The third kappa shape index (κ3) is 4.38. The Morgan fingerprint density at radius 2 is 2.05 bits per heavy atom. The van der Waals surface area contributed by atoms with Crippen molar-refractivity contribution in [2.45, 2.75) is 23.8 Å². The molecule has 0 spiro atoms. The molecule has 0 fully saturated rings. The van der Waals surface area contributed by atoms with Crippen molar-refractivity contribution in [2.24, 2.45) is 7.05 Å². The van der Waals surface area contributed by atoms with Gasteiger partial charge >= 0.3 is 11.9 Å². The van der Waals surface area contributed by atoms with Crippen LogP contribution in [0.2, 0.25) is 0 Å². The number of carboxylic acids is 2. The molecule has 1 heterocycles. The first-order valence-corrected chi connectivity index (χ1v) is 6.79. The van der Waals surface area contributed by atoms with Crippen LogP contribution >= 0.6 is 0 Å². The standard InChI is InChI=1S/C10H14N2O6S/c1-12-5-4-7(6-12)19(17,18)11-8(10(15)16)2-3-9(13)14/h4-6,8,11H,2-3H2,1H3,(H,13,14)(H,15,16). The number of nitrogens with zero attached hydrogens (tertiary/aromatic N) is 1. The lowest BCUT2D eigenvalue weighted by Crippen LogP contribution is -2.40. The second-order valence-electron chi connectivity index (χ2n) is 3.96. The monoisotopic (exact) mass is 290 g/mol. The summed E-state index contributed by atoms with van der Waals surface area (Å²) in [7, 11) is -2.35. The zero-order chi connectivity index (χ0) is 14.6. The second-order valence-corrected chi connectivity index (χ2v) is 5.67. The fourth-order valence-electron chi connectivity index (χ4n) is 1.39. The van der Waals surface area contributed by atoms with Gasteiger partial charge in [0.05, 0.1) is 4.90 Å². The highest BCUT2D eigenvalue weighted by Gasteiger charge is 2.26. The van der Waals surface area contributed by atoms with Gasteiger partial charge in [0, 0.05) is 25.9 Å². The van der Waals surface area contributed by atoms with Crippen LogP contribution in [0, 0.1) is 0 Å². The predicted molar refractivity (Wildman–Crippen MR) is 64.0 cm³/mol. The molecule has 0 aliphatic carbocycles. The van der Waals surface area contributed by atoms with E-state index in [4.69, 9.17) is 10.2 Å². The van der Waals surface area contributed by atoms with E-state index < -0.39 is 34.4 Å². The number of nitrogens with one attached hydrogen (secondary N) is 1. The molecule has 0 bridgehead atoms. The van der Waals surface area contributed by atoms with E-state index in [0.717, 1.165) is 0 Å². The van der Waals surface area contributed by atoms with Crippen molar-refractivity contribution in [3.05, 3.63) is 18.5 Å². The number of hydrogen-bond acceptors (Lipinski definition) is 4. The van der Waals surface area contributed by atoms with Crippen LogP contribution in [0.4, 0.5) is 0 Å². The van der Waals surface area contributed by atoms with E-state index in [9.17, 15) is 18.0 Å². The summed E-state index contributed by atoms with van der Waals surface area (Å²) < 4.78 is 27.2. The minimum atomic E-state index is -3.98. The molecule has 0 aliphatic heterocycles. The van der Waals surface area contributed by atoms with Crippen molar-refractivity contribution in [3.8, 4) is 0 Å². The first kappa shape index (κ1) is 15.2. The average molecular weight is 290 g/mol. The molecule has 1 unspecified atom stereocenters. The Kier molecular flexibility index (Phi) is 4.67. The lowest BCUT2D eigenvalue weighted by atomic mass is 10.2. The summed E-state index contributed by atoms with van der Waals surface area (Å²) in [4.78, 5) is 21.2. The lowest BCUT2D eigenvalue weighted by Gasteiger charge is -2.12. The van der Waals surface area contributed by atoms with Gasteiger partial charge in [0.25, 0.3) is 0 Å². The van der Waals surface area contributed by atoms with Crippen LogP contribution in [-0.2, 0) is 26.7 Å². The predicted octanol–water partition coefficient (Wildman–Crippen LogP) is -0.379. The Morgan fingerprint density at radius 1 is 1.42 bits per heavy atom. The smallest absolute Gasteiger partial charge is 0.321 e. The number of sulfonamides is 1. The van der Waals surface area contributed by atoms with Gasteiger partial charge in [0.15, 0.2) is 0 Å². The third-order valence-corrected chi connectivity index (χ3v) is 3.81. The summed E-state index contributed by atoms with van der Waals surface area (Å²) in [5.74, 6) is -2.61. The Hall–Kier alpha value is -1.87. The third-order valence-electron chi connectivity index (χ3n) is 2.36. The van der Waals surface area contributed by atoms with Gasteiger partial charge in [0.1, 0.15) is 6.04 Å². The van der Waals surface area contributed by atoms with Crippen molar-refractivity contribution < 1.29 is 28.2 Å². The molecule has 0 radical (unpaired) electrons. The molecule has 1 atom stereocenters. The molecule has 0 aromatic carbocycles. The number of hydrogen-bond donors (Lipinski definition) is 3. The van der Waals surface area contributed by atoms with Gasteiger partial charge < -0.3 is 14.8 Å². The quantitative estimate of drug-likeness (QED) is 0.628. The van der Waals surface area contributed by atoms with Crippen LogP contribution in [0.15, 0.2) is 23.4 Å². The molecule has 1 aromatic heterocycles. The first-order chi connectivity index (χ1) is 8.72. The Labute approximate surface area is 109 Å². The molecule has 1 rings (SSSR count). The molecule has 9 heteroatoms. The van der Waals surface area contributed by atoms with E-state index >= 15 is 0 Å². The van der Waals surface area contributed by atoms with E-state index in [1.54, 1.807) is 7.05 Å². The Balaban J connectivity index is 2.84. The molecular formula is C10H14N2O6S. The molecule has 1 aromatic rings. The minimum Gasteiger partial charge on any atom is -0.481 e. The van der Waals surface area contributed by atoms with E-state index in [2.05, 4.69) is 0 Å². The summed E-state index contributed by atoms with van der Waals surface area (Å²) in [5, 5.41) is 17.4. The molecule has 0 saturated heterocycles. The number of carboxylic acid groups (broad SMARTS) is 2. The van der Waals surface area contributed by atoms with Gasteiger partial charge in [-0.1, -0.05) is 0 Å². The maximum atomic E-state index is 11.9. The molecule has 19 heavy (non-hydrogen) atoms. The van der Waals surface area contributed by atoms with E-state index in [1.807, 2.05) is 4.72 Å². The van der Waals surface area contributed by atoms with Crippen LogP contribution in [-0.4, -0.2) is 41.2 Å². The summed E-state index contributed by atoms with van der Waals surface area (Å²) >= 11 is 0. The van der Waals surface area contributed by atoms with Crippen molar-refractivity contribution in [2.75, 3.05) is 0 Å². The number of aromatic nitrogens is 1. The van der Waals surface area contributed by atoms with E-state index in [-0.39, 0.29) is 11.3 Å². The molecule has 106 valence electrons. The maximum absolute atomic E-state index is 11.9. The highest BCUT2D eigenvalue weighted by Crippen LogP contribution is 2.10. The maximum Gasteiger partial charge on any atom is 0.321 e. The summed E-state index contributed by atoms with van der Waals surface area (Å²) in [6.07, 6.45) is 2.06. The topological polar surface area (TPSA) is 126 Å². The van der Waals surface area contributed by atoms with Crippen molar-refractivity contribution in [1.29, 1.82) is 0 Å². The minimum absolute atomic E-state index is 0.0726. The van der Waals surface area contributed by atoms with Crippen LogP contribution in [0.25, 0.3) is 0 Å². The summed E-state index contributed by atoms with van der Waals surface area (Å²) in [5.41, 5.74) is 0. The number of rotatable bonds is 7. The molecule has 0 aliphatic rings. The Morgan fingerprint density at radius 3 is 2.47 bits per heavy atom. The number of aliphatic carboxylic acids is 2. The average Bonchev–Trinajstić information content (AvgIpc) is 2.71. The lowest BCUT2D eigenvalue weighted by molar-refractivity contribution is -0.140. The van der Waals surface area contributed by atoms with Gasteiger partial charge in [-0.3, -0.25) is 9.59 Å². The highest BCUT2D eigenvalue weighted by molar-refractivity contribution is 7.89. The van der Waals surface area contributed by atoms with Crippen LogP contribution in [0.1, 0.15) is 12.8 Å². The molecule has 0 amide bonds. The van der Waals surface area contributed by atoms with Gasteiger partial charge in [-0.05, 0) is 12.5 Å². The fraction of sp³-hybridized carbons (Fsp3) is 0.400.